The topological polar surface area (TPSA) is 29.9 Å². The Morgan fingerprint density at radius 3 is 2.89 bits per heavy atom. The van der Waals surface area contributed by atoms with Crippen molar-refractivity contribution in [3.63, 3.8) is 0 Å². The summed E-state index contributed by atoms with van der Waals surface area (Å²) in [5.41, 5.74) is 0.268. The second kappa shape index (κ2) is 3.86. The van der Waals surface area contributed by atoms with Crippen molar-refractivity contribution in [1.82, 2.24) is 9.55 Å². The van der Waals surface area contributed by atoms with Crippen molar-refractivity contribution < 1.29 is 13.5 Å². The Morgan fingerprint density at radius 1 is 1.44 bits per heavy atom. The van der Waals surface area contributed by atoms with Crippen molar-refractivity contribution in [2.45, 2.75) is 18.9 Å². The number of benzene rings is 1. The zero-order valence-corrected chi connectivity index (χ0v) is 10.6. The van der Waals surface area contributed by atoms with Crippen molar-refractivity contribution >= 4 is 23.3 Å². The molecule has 1 aliphatic heterocycles. The molecular weight excluding hydrogens is 258 g/mol. The maximum atomic E-state index is 14.0. The predicted molar refractivity (Wildman–Crippen MR) is 66.1 cm³/mol. The number of imidazole rings is 1. The average molecular weight is 270 g/mol. The van der Waals surface area contributed by atoms with E-state index in [1.54, 1.807) is 4.57 Å². The average Bonchev–Trinajstić information content (AvgIpc) is 2.89. The van der Waals surface area contributed by atoms with Crippen molar-refractivity contribution in [3.8, 4) is 0 Å². The van der Waals surface area contributed by atoms with Gasteiger partial charge in [-0.15, -0.1) is 0 Å². The van der Waals surface area contributed by atoms with Gasteiger partial charge in [0.25, 0.3) is 0 Å². The highest BCUT2D eigenvalue weighted by Crippen LogP contribution is 2.32. The highest BCUT2D eigenvalue weighted by Gasteiger charge is 2.34. The van der Waals surface area contributed by atoms with Crippen LogP contribution in [-0.2, 0) is 10.3 Å². The predicted octanol–water partition coefficient (Wildman–Crippen LogP) is 3.11. The number of nitrogens with one attached hydrogen (secondary N) is 1. The summed E-state index contributed by atoms with van der Waals surface area (Å²) in [7, 11) is 0. The lowest BCUT2D eigenvalue weighted by atomic mass is 10.0. The standard InChI is InChI=1S/C12H12F2N2OS/c1-12(4-5-17-6-12)16-10-8(15-11(16)18)3-2-7(13)9(10)14/h2-3H,4-6H2,1H3,(H,15,18). The Kier molecular flexibility index (Phi) is 2.53. The molecule has 0 radical (unpaired) electrons. The largest absolute Gasteiger partial charge is 0.379 e. The Bertz CT molecular complexity index is 671. The molecule has 2 aromatic rings. The SMILES string of the molecule is CC1(n2c(=S)[nH]c3ccc(F)c(F)c32)CCOC1. The maximum Gasteiger partial charge on any atom is 0.184 e. The van der Waals surface area contributed by atoms with Gasteiger partial charge in [-0.3, -0.25) is 0 Å². The summed E-state index contributed by atoms with van der Waals surface area (Å²) < 4.78 is 34.8. The lowest BCUT2D eigenvalue weighted by Crippen LogP contribution is -2.30. The zero-order chi connectivity index (χ0) is 12.9. The van der Waals surface area contributed by atoms with E-state index in [2.05, 4.69) is 4.98 Å². The summed E-state index contributed by atoms with van der Waals surface area (Å²) in [5.74, 6) is -1.74. The third-order valence-corrected chi connectivity index (χ3v) is 3.76. The molecule has 96 valence electrons. The lowest BCUT2D eigenvalue weighted by molar-refractivity contribution is 0.162. The maximum absolute atomic E-state index is 14.0. The van der Waals surface area contributed by atoms with Gasteiger partial charge >= 0.3 is 0 Å². The third kappa shape index (κ3) is 1.52. The first-order valence-corrected chi connectivity index (χ1v) is 6.11. The van der Waals surface area contributed by atoms with Gasteiger partial charge in [0.1, 0.15) is 5.52 Å². The molecule has 1 atom stereocenters. The minimum atomic E-state index is -0.868. The van der Waals surface area contributed by atoms with Gasteiger partial charge in [0.15, 0.2) is 16.4 Å². The fraction of sp³-hybridized carbons (Fsp3) is 0.417. The monoisotopic (exact) mass is 270 g/mol. The van der Waals surface area contributed by atoms with Crippen LogP contribution in [-0.4, -0.2) is 22.8 Å². The van der Waals surface area contributed by atoms with E-state index in [0.29, 0.717) is 23.5 Å². The van der Waals surface area contributed by atoms with Gasteiger partial charge < -0.3 is 14.3 Å². The highest BCUT2D eigenvalue weighted by atomic mass is 32.1. The number of nitrogens with zero attached hydrogens (tertiary/aromatic N) is 1. The fourth-order valence-electron chi connectivity index (χ4n) is 2.48. The van der Waals surface area contributed by atoms with E-state index in [4.69, 9.17) is 17.0 Å². The molecule has 0 aliphatic carbocycles. The first kappa shape index (κ1) is 11.8. The van der Waals surface area contributed by atoms with E-state index in [0.717, 1.165) is 12.5 Å². The van der Waals surface area contributed by atoms with Crippen LogP contribution in [0.15, 0.2) is 12.1 Å². The van der Waals surface area contributed by atoms with E-state index in [1.807, 2.05) is 6.92 Å². The quantitative estimate of drug-likeness (QED) is 0.807. The molecule has 3 nitrogen and oxygen atoms in total. The molecular formula is C12H12F2N2OS. The van der Waals surface area contributed by atoms with Gasteiger partial charge in [-0.25, -0.2) is 8.78 Å². The van der Waals surface area contributed by atoms with E-state index in [-0.39, 0.29) is 5.52 Å². The molecule has 1 aromatic heterocycles. The molecule has 1 aliphatic rings. The highest BCUT2D eigenvalue weighted by molar-refractivity contribution is 7.71. The van der Waals surface area contributed by atoms with Crippen LogP contribution in [0.5, 0.6) is 0 Å². The summed E-state index contributed by atoms with van der Waals surface area (Å²) >= 11 is 5.23. The lowest BCUT2D eigenvalue weighted by Gasteiger charge is -2.24. The van der Waals surface area contributed by atoms with Crippen LogP contribution in [0.2, 0.25) is 0 Å². The number of hydrogen-bond donors (Lipinski definition) is 1. The first-order valence-electron chi connectivity index (χ1n) is 5.70. The molecule has 1 fully saturated rings. The number of hydrogen-bond acceptors (Lipinski definition) is 2. The van der Waals surface area contributed by atoms with Crippen LogP contribution in [0.1, 0.15) is 13.3 Å². The van der Waals surface area contributed by atoms with Gasteiger partial charge in [0.05, 0.1) is 17.7 Å². The van der Waals surface area contributed by atoms with Gasteiger partial charge in [-0.05, 0) is 37.7 Å². The Balaban J connectivity index is 2.38. The minimum Gasteiger partial charge on any atom is -0.379 e. The van der Waals surface area contributed by atoms with Gasteiger partial charge in [0, 0.05) is 6.61 Å². The van der Waals surface area contributed by atoms with Crippen LogP contribution in [0, 0.1) is 16.4 Å². The van der Waals surface area contributed by atoms with E-state index < -0.39 is 17.2 Å². The number of halogens is 2. The summed E-state index contributed by atoms with van der Waals surface area (Å²) in [6, 6.07) is 2.60. The van der Waals surface area contributed by atoms with Crippen molar-refractivity contribution in [3.05, 3.63) is 28.5 Å². The van der Waals surface area contributed by atoms with E-state index in [9.17, 15) is 8.78 Å². The summed E-state index contributed by atoms with van der Waals surface area (Å²) in [6.07, 6.45) is 0.726. The Morgan fingerprint density at radius 2 is 2.22 bits per heavy atom. The van der Waals surface area contributed by atoms with E-state index >= 15 is 0 Å². The fourth-order valence-corrected chi connectivity index (χ4v) is 2.90. The molecule has 0 saturated carbocycles. The molecule has 6 heteroatoms. The van der Waals surface area contributed by atoms with Crippen molar-refractivity contribution in [2.75, 3.05) is 13.2 Å². The second-order valence-corrected chi connectivity index (χ2v) is 5.21. The molecule has 0 spiro atoms. The van der Waals surface area contributed by atoms with Crippen LogP contribution in [0.25, 0.3) is 11.0 Å². The first-order chi connectivity index (χ1) is 8.53. The van der Waals surface area contributed by atoms with Gasteiger partial charge in [-0.1, -0.05) is 0 Å². The van der Waals surface area contributed by atoms with E-state index in [1.165, 1.54) is 6.07 Å². The molecule has 0 bridgehead atoms. The number of aromatic nitrogens is 2. The molecule has 3 rings (SSSR count). The number of fused-ring (bicyclic) bond motifs is 1. The second-order valence-electron chi connectivity index (χ2n) is 4.82. The summed E-state index contributed by atoms with van der Waals surface area (Å²) in [4.78, 5) is 2.91. The Labute approximate surface area is 107 Å². The van der Waals surface area contributed by atoms with Gasteiger partial charge in [-0.2, -0.15) is 0 Å². The molecule has 2 heterocycles. The normalized spacial score (nSPS) is 23.9. The molecule has 18 heavy (non-hydrogen) atoms. The number of H-pyrrole nitrogens is 1. The number of aromatic amines is 1. The van der Waals surface area contributed by atoms with Crippen LogP contribution in [0.4, 0.5) is 8.78 Å². The van der Waals surface area contributed by atoms with Gasteiger partial charge in [0.2, 0.25) is 0 Å². The van der Waals surface area contributed by atoms with Crippen LogP contribution in [0.3, 0.4) is 0 Å². The number of ether oxygens (including phenoxy) is 1. The molecule has 1 saturated heterocycles. The zero-order valence-electron chi connectivity index (χ0n) is 9.80. The van der Waals surface area contributed by atoms with Crippen molar-refractivity contribution in [2.24, 2.45) is 0 Å². The third-order valence-electron chi connectivity index (χ3n) is 3.48. The smallest absolute Gasteiger partial charge is 0.184 e. The molecule has 1 aromatic carbocycles. The number of rotatable bonds is 1. The van der Waals surface area contributed by atoms with Crippen molar-refractivity contribution in [1.29, 1.82) is 0 Å². The molecule has 1 N–H and O–H groups in total. The molecule has 1 unspecified atom stereocenters. The molecule has 0 amide bonds. The van der Waals surface area contributed by atoms with Crippen LogP contribution >= 0.6 is 12.2 Å². The summed E-state index contributed by atoms with van der Waals surface area (Å²) in [6.45, 7) is 2.99. The minimum absolute atomic E-state index is 0.188. The van der Waals surface area contributed by atoms with Crippen LogP contribution < -0.4 is 0 Å². The Hall–Kier alpha value is -1.27. The summed E-state index contributed by atoms with van der Waals surface area (Å²) in [5, 5.41) is 0.